The molecule has 0 saturated heterocycles. The molecule has 112 valence electrons. The van der Waals surface area contributed by atoms with Gasteiger partial charge in [0.2, 0.25) is 0 Å². The average Bonchev–Trinajstić information content (AvgIpc) is 2.51. The van der Waals surface area contributed by atoms with E-state index in [9.17, 15) is 0 Å². The second kappa shape index (κ2) is 8.32. The lowest BCUT2D eigenvalue weighted by Gasteiger charge is -2.19. The first-order chi connectivity index (χ1) is 10.2. The second-order valence-corrected chi connectivity index (χ2v) is 6.01. The number of hydrogen-bond donors (Lipinski definition) is 1. The summed E-state index contributed by atoms with van der Waals surface area (Å²) in [6.07, 6.45) is 1.06. The van der Waals surface area contributed by atoms with E-state index in [1.165, 1.54) is 16.7 Å². The molecule has 0 amide bonds. The predicted octanol–water partition coefficient (Wildman–Crippen LogP) is 4.84. The van der Waals surface area contributed by atoms with Crippen molar-refractivity contribution in [3.8, 4) is 0 Å². The fourth-order valence-electron chi connectivity index (χ4n) is 2.45. The van der Waals surface area contributed by atoms with Crippen molar-refractivity contribution in [1.29, 1.82) is 0 Å². The van der Waals surface area contributed by atoms with Crippen LogP contribution >= 0.6 is 15.9 Å². The quantitative estimate of drug-likeness (QED) is 0.773. The average molecular weight is 348 g/mol. The Morgan fingerprint density at radius 1 is 1.05 bits per heavy atom. The zero-order valence-corrected chi connectivity index (χ0v) is 14.2. The summed E-state index contributed by atoms with van der Waals surface area (Å²) >= 11 is 3.48. The molecule has 0 heterocycles. The monoisotopic (exact) mass is 347 g/mol. The fraction of sp³-hybridized carbons (Fsp3) is 0.333. The molecular formula is C18H22BrNO. The van der Waals surface area contributed by atoms with Gasteiger partial charge >= 0.3 is 0 Å². The third-order valence-corrected chi connectivity index (χ3v) is 4.17. The highest BCUT2D eigenvalue weighted by Gasteiger charge is 2.09. The first kappa shape index (κ1) is 16.2. The Morgan fingerprint density at radius 2 is 1.71 bits per heavy atom. The van der Waals surface area contributed by atoms with Crippen molar-refractivity contribution in [2.75, 3.05) is 7.11 Å². The smallest absolute Gasteiger partial charge is 0.0716 e. The number of methoxy groups -OCH3 is 1. The second-order valence-electron chi connectivity index (χ2n) is 5.10. The lowest BCUT2D eigenvalue weighted by Crippen LogP contribution is -2.21. The first-order valence-electron chi connectivity index (χ1n) is 7.29. The van der Waals surface area contributed by atoms with Gasteiger partial charge in [-0.15, -0.1) is 0 Å². The number of rotatable bonds is 7. The van der Waals surface area contributed by atoms with Crippen LogP contribution in [0.2, 0.25) is 0 Å². The minimum atomic E-state index is 0.369. The summed E-state index contributed by atoms with van der Waals surface area (Å²) < 4.78 is 6.38. The SMILES string of the molecule is CCC(NCc1ccccc1COC)c1ccc(Br)cc1. The third kappa shape index (κ3) is 4.67. The summed E-state index contributed by atoms with van der Waals surface area (Å²) in [5, 5.41) is 3.65. The normalized spacial score (nSPS) is 12.3. The van der Waals surface area contributed by atoms with Gasteiger partial charge in [0.15, 0.2) is 0 Å². The third-order valence-electron chi connectivity index (χ3n) is 3.64. The molecule has 0 spiro atoms. The molecule has 0 aliphatic rings. The lowest BCUT2D eigenvalue weighted by molar-refractivity contribution is 0.184. The molecule has 0 aromatic heterocycles. The summed E-state index contributed by atoms with van der Waals surface area (Å²) in [6.45, 7) is 3.72. The Labute approximate surface area is 135 Å². The maximum atomic E-state index is 5.27. The number of nitrogens with one attached hydrogen (secondary N) is 1. The van der Waals surface area contributed by atoms with Crippen LogP contribution in [0.1, 0.15) is 36.1 Å². The summed E-state index contributed by atoms with van der Waals surface area (Å²) in [6, 6.07) is 17.3. The van der Waals surface area contributed by atoms with Crippen LogP contribution in [-0.4, -0.2) is 7.11 Å². The van der Waals surface area contributed by atoms with Gasteiger partial charge in [-0.05, 0) is 35.2 Å². The molecule has 2 rings (SSSR count). The Bertz CT molecular complexity index is 553. The molecule has 0 aliphatic carbocycles. The van der Waals surface area contributed by atoms with E-state index in [2.05, 4.69) is 76.7 Å². The van der Waals surface area contributed by atoms with Crippen LogP contribution in [0.5, 0.6) is 0 Å². The predicted molar refractivity (Wildman–Crippen MR) is 91.2 cm³/mol. The van der Waals surface area contributed by atoms with Crippen LogP contribution in [0.4, 0.5) is 0 Å². The van der Waals surface area contributed by atoms with Gasteiger partial charge in [0, 0.05) is 24.2 Å². The molecule has 21 heavy (non-hydrogen) atoms. The number of hydrogen-bond acceptors (Lipinski definition) is 2. The topological polar surface area (TPSA) is 21.3 Å². The van der Waals surface area contributed by atoms with Crippen molar-refractivity contribution in [2.45, 2.75) is 32.5 Å². The summed E-state index contributed by atoms with van der Waals surface area (Å²) in [7, 11) is 1.74. The van der Waals surface area contributed by atoms with Gasteiger partial charge in [-0.1, -0.05) is 59.3 Å². The summed E-state index contributed by atoms with van der Waals surface area (Å²) in [5.41, 5.74) is 3.87. The van der Waals surface area contributed by atoms with E-state index < -0.39 is 0 Å². The molecule has 0 saturated carbocycles. The van der Waals surface area contributed by atoms with E-state index in [1.807, 2.05) is 0 Å². The summed E-state index contributed by atoms with van der Waals surface area (Å²) in [5.74, 6) is 0. The van der Waals surface area contributed by atoms with Crippen molar-refractivity contribution in [2.24, 2.45) is 0 Å². The highest BCUT2D eigenvalue weighted by molar-refractivity contribution is 9.10. The van der Waals surface area contributed by atoms with Crippen LogP contribution in [0.25, 0.3) is 0 Å². The molecule has 1 N–H and O–H groups in total. The Balaban J connectivity index is 2.05. The largest absolute Gasteiger partial charge is 0.380 e. The minimum Gasteiger partial charge on any atom is -0.380 e. The minimum absolute atomic E-state index is 0.369. The van der Waals surface area contributed by atoms with E-state index >= 15 is 0 Å². The van der Waals surface area contributed by atoms with Gasteiger partial charge in [0.1, 0.15) is 0 Å². The van der Waals surface area contributed by atoms with Crippen molar-refractivity contribution in [1.82, 2.24) is 5.32 Å². The van der Waals surface area contributed by atoms with Crippen molar-refractivity contribution in [3.63, 3.8) is 0 Å². The standard InChI is InChI=1S/C18H22BrNO/c1-3-18(14-8-10-17(19)11-9-14)20-12-15-6-4-5-7-16(15)13-21-2/h4-11,18,20H,3,12-13H2,1-2H3. The molecule has 0 fully saturated rings. The van der Waals surface area contributed by atoms with Crippen molar-refractivity contribution >= 4 is 15.9 Å². The maximum Gasteiger partial charge on any atom is 0.0716 e. The molecule has 2 aromatic rings. The molecule has 2 nitrogen and oxygen atoms in total. The van der Waals surface area contributed by atoms with E-state index in [-0.39, 0.29) is 0 Å². The van der Waals surface area contributed by atoms with Crippen LogP contribution in [0.15, 0.2) is 53.0 Å². The van der Waals surface area contributed by atoms with Crippen LogP contribution in [-0.2, 0) is 17.9 Å². The van der Waals surface area contributed by atoms with Gasteiger partial charge in [0.05, 0.1) is 6.61 Å². The van der Waals surface area contributed by atoms with Crippen LogP contribution < -0.4 is 5.32 Å². The molecule has 0 aliphatic heterocycles. The van der Waals surface area contributed by atoms with Gasteiger partial charge in [-0.25, -0.2) is 0 Å². The van der Waals surface area contributed by atoms with Gasteiger partial charge in [-0.3, -0.25) is 0 Å². The van der Waals surface area contributed by atoms with E-state index in [0.29, 0.717) is 12.6 Å². The van der Waals surface area contributed by atoms with Crippen molar-refractivity contribution < 1.29 is 4.74 Å². The molecular weight excluding hydrogens is 326 g/mol. The zero-order chi connectivity index (χ0) is 15.1. The highest BCUT2D eigenvalue weighted by Crippen LogP contribution is 2.20. The number of benzene rings is 2. The highest BCUT2D eigenvalue weighted by atomic mass is 79.9. The van der Waals surface area contributed by atoms with Gasteiger partial charge < -0.3 is 10.1 Å². The number of ether oxygens (including phenoxy) is 1. The van der Waals surface area contributed by atoms with Crippen LogP contribution in [0.3, 0.4) is 0 Å². The summed E-state index contributed by atoms with van der Waals surface area (Å²) in [4.78, 5) is 0. The zero-order valence-electron chi connectivity index (χ0n) is 12.6. The Kier molecular flexibility index (Phi) is 6.43. The maximum absolute atomic E-state index is 5.27. The van der Waals surface area contributed by atoms with E-state index in [0.717, 1.165) is 17.4 Å². The molecule has 1 atom stereocenters. The molecule has 2 aromatic carbocycles. The van der Waals surface area contributed by atoms with E-state index in [1.54, 1.807) is 7.11 Å². The molecule has 1 unspecified atom stereocenters. The van der Waals surface area contributed by atoms with E-state index in [4.69, 9.17) is 4.74 Å². The van der Waals surface area contributed by atoms with Gasteiger partial charge in [0.25, 0.3) is 0 Å². The molecule has 3 heteroatoms. The first-order valence-corrected chi connectivity index (χ1v) is 8.08. The molecule has 0 bridgehead atoms. The fourth-order valence-corrected chi connectivity index (χ4v) is 2.72. The Morgan fingerprint density at radius 3 is 2.33 bits per heavy atom. The lowest BCUT2D eigenvalue weighted by atomic mass is 10.0. The van der Waals surface area contributed by atoms with Crippen molar-refractivity contribution in [3.05, 3.63) is 69.7 Å². The van der Waals surface area contributed by atoms with Crippen LogP contribution in [0, 0.1) is 0 Å². The number of halogens is 1. The van der Waals surface area contributed by atoms with Gasteiger partial charge in [-0.2, -0.15) is 0 Å². The Hall–Kier alpha value is -1.16. The molecule has 0 radical (unpaired) electrons.